The number of nitrogens with zero attached hydrogens (tertiary/aromatic N) is 1. The second-order valence-corrected chi connectivity index (χ2v) is 8.32. The summed E-state index contributed by atoms with van der Waals surface area (Å²) in [5.74, 6) is -0.600. The maximum Gasteiger partial charge on any atom is 0.266 e. The number of ether oxygens (including phenoxy) is 1. The number of carbonyl (C=O) groups excluding carboxylic acids is 2. The monoisotopic (exact) mass is 493 g/mol. The lowest BCUT2D eigenvalue weighted by molar-refractivity contribution is -0.118. The van der Waals surface area contributed by atoms with E-state index in [1.54, 1.807) is 42.5 Å². The van der Waals surface area contributed by atoms with Crippen molar-refractivity contribution in [2.45, 2.75) is 13.8 Å². The summed E-state index contributed by atoms with van der Waals surface area (Å²) in [6.07, 6.45) is 1.41. The summed E-state index contributed by atoms with van der Waals surface area (Å²) >= 11 is 12.2. The molecule has 34 heavy (non-hydrogen) atoms. The molecular formula is C26H21Cl2N3O3. The SMILES string of the molecule is Cc1ccc(NC(=O)COc2ccc(/C=C(/C#N)C(=O)Nc3cccc(Cl)c3)cc2Cl)c(C)c1. The molecule has 0 saturated heterocycles. The average Bonchev–Trinajstić information content (AvgIpc) is 2.78. The number of hydrogen-bond donors (Lipinski definition) is 2. The van der Waals surface area contributed by atoms with E-state index in [0.29, 0.717) is 27.7 Å². The summed E-state index contributed by atoms with van der Waals surface area (Å²) in [5.41, 5.74) is 3.65. The number of nitrogens with one attached hydrogen (secondary N) is 2. The maximum absolute atomic E-state index is 12.4. The lowest BCUT2D eigenvalue weighted by Crippen LogP contribution is -2.20. The molecule has 0 heterocycles. The first kappa shape index (κ1) is 24.8. The zero-order valence-electron chi connectivity index (χ0n) is 18.5. The van der Waals surface area contributed by atoms with E-state index in [2.05, 4.69) is 10.6 Å². The second kappa shape index (κ2) is 11.4. The Hall–Kier alpha value is -3.79. The van der Waals surface area contributed by atoms with Crippen molar-refractivity contribution in [1.29, 1.82) is 5.26 Å². The first-order chi connectivity index (χ1) is 16.2. The van der Waals surface area contributed by atoms with Crippen LogP contribution in [-0.4, -0.2) is 18.4 Å². The van der Waals surface area contributed by atoms with Gasteiger partial charge in [-0.25, -0.2) is 0 Å². The van der Waals surface area contributed by atoms with E-state index in [-0.39, 0.29) is 23.1 Å². The fourth-order valence-electron chi connectivity index (χ4n) is 3.09. The van der Waals surface area contributed by atoms with Crippen LogP contribution >= 0.6 is 23.2 Å². The molecule has 0 aliphatic heterocycles. The highest BCUT2D eigenvalue weighted by molar-refractivity contribution is 6.32. The Kier molecular flexibility index (Phi) is 8.31. The minimum atomic E-state index is -0.579. The standard InChI is InChI=1S/C26H21Cl2N3O3/c1-16-6-8-23(17(2)10-16)31-25(32)15-34-24-9-7-18(12-22(24)28)11-19(14-29)26(33)30-21-5-3-4-20(27)13-21/h3-13H,15H2,1-2H3,(H,30,33)(H,31,32)/b19-11-. The lowest BCUT2D eigenvalue weighted by atomic mass is 10.1. The van der Waals surface area contributed by atoms with Crippen molar-refractivity contribution in [2.75, 3.05) is 17.2 Å². The first-order valence-corrected chi connectivity index (χ1v) is 11.0. The van der Waals surface area contributed by atoms with Crippen LogP contribution in [0, 0.1) is 25.2 Å². The molecule has 0 bridgehead atoms. The quantitative estimate of drug-likeness (QED) is 0.304. The van der Waals surface area contributed by atoms with Crippen LogP contribution in [0.15, 0.2) is 66.2 Å². The number of aryl methyl sites for hydroxylation is 2. The third kappa shape index (κ3) is 6.85. The van der Waals surface area contributed by atoms with E-state index in [9.17, 15) is 14.9 Å². The predicted octanol–water partition coefficient (Wildman–Crippen LogP) is 6.17. The molecule has 0 spiro atoms. The first-order valence-electron chi connectivity index (χ1n) is 10.2. The molecule has 0 aliphatic carbocycles. The van der Waals surface area contributed by atoms with Crippen molar-refractivity contribution in [2.24, 2.45) is 0 Å². The molecular weight excluding hydrogens is 473 g/mol. The van der Waals surface area contributed by atoms with Crippen LogP contribution in [0.1, 0.15) is 16.7 Å². The van der Waals surface area contributed by atoms with E-state index in [4.69, 9.17) is 27.9 Å². The van der Waals surface area contributed by atoms with Gasteiger partial charge in [0, 0.05) is 16.4 Å². The van der Waals surface area contributed by atoms with Crippen LogP contribution in [0.2, 0.25) is 10.0 Å². The molecule has 0 saturated carbocycles. The number of nitriles is 1. The van der Waals surface area contributed by atoms with E-state index in [1.807, 2.05) is 38.1 Å². The Bertz CT molecular complexity index is 1310. The summed E-state index contributed by atoms with van der Waals surface area (Å²) in [6, 6.07) is 19.0. The van der Waals surface area contributed by atoms with Gasteiger partial charge in [0.2, 0.25) is 0 Å². The van der Waals surface area contributed by atoms with E-state index in [0.717, 1.165) is 11.1 Å². The number of carbonyl (C=O) groups is 2. The van der Waals surface area contributed by atoms with Gasteiger partial charge < -0.3 is 15.4 Å². The molecule has 3 aromatic rings. The van der Waals surface area contributed by atoms with Crippen LogP contribution in [-0.2, 0) is 9.59 Å². The van der Waals surface area contributed by atoms with Crippen molar-refractivity contribution in [3.05, 3.63) is 93.0 Å². The topological polar surface area (TPSA) is 91.2 Å². The molecule has 0 fully saturated rings. The van der Waals surface area contributed by atoms with Crippen molar-refractivity contribution in [3.63, 3.8) is 0 Å². The smallest absolute Gasteiger partial charge is 0.266 e. The van der Waals surface area contributed by atoms with Gasteiger partial charge in [0.1, 0.15) is 17.4 Å². The van der Waals surface area contributed by atoms with Gasteiger partial charge in [-0.3, -0.25) is 9.59 Å². The molecule has 0 atom stereocenters. The molecule has 8 heteroatoms. The molecule has 3 aromatic carbocycles. The molecule has 0 unspecified atom stereocenters. The Morgan fingerprint density at radius 1 is 1.03 bits per heavy atom. The Morgan fingerprint density at radius 2 is 1.82 bits per heavy atom. The van der Waals surface area contributed by atoms with Crippen LogP contribution in [0.4, 0.5) is 11.4 Å². The van der Waals surface area contributed by atoms with Crippen LogP contribution in [0.25, 0.3) is 6.08 Å². The van der Waals surface area contributed by atoms with Gasteiger partial charge >= 0.3 is 0 Å². The third-order valence-corrected chi connectivity index (χ3v) is 5.26. The largest absolute Gasteiger partial charge is 0.482 e. The molecule has 0 aromatic heterocycles. The van der Waals surface area contributed by atoms with Crippen molar-refractivity contribution >= 4 is 52.5 Å². The number of benzene rings is 3. The van der Waals surface area contributed by atoms with Gasteiger partial charge in [-0.2, -0.15) is 5.26 Å². The van der Waals surface area contributed by atoms with Gasteiger partial charge in [0.25, 0.3) is 11.8 Å². The fraction of sp³-hybridized carbons (Fsp3) is 0.115. The molecule has 6 nitrogen and oxygen atoms in total. The van der Waals surface area contributed by atoms with E-state index < -0.39 is 5.91 Å². The molecule has 172 valence electrons. The number of anilines is 2. The predicted molar refractivity (Wildman–Crippen MR) is 135 cm³/mol. The Morgan fingerprint density at radius 3 is 2.50 bits per heavy atom. The number of hydrogen-bond acceptors (Lipinski definition) is 4. The highest BCUT2D eigenvalue weighted by Crippen LogP contribution is 2.27. The highest BCUT2D eigenvalue weighted by atomic mass is 35.5. The zero-order chi connectivity index (χ0) is 24.7. The summed E-state index contributed by atoms with van der Waals surface area (Å²) in [4.78, 5) is 24.7. The van der Waals surface area contributed by atoms with Crippen molar-refractivity contribution in [1.82, 2.24) is 0 Å². The third-order valence-electron chi connectivity index (χ3n) is 4.73. The Balaban J connectivity index is 1.64. The molecule has 2 amide bonds. The van der Waals surface area contributed by atoms with Crippen LogP contribution < -0.4 is 15.4 Å². The summed E-state index contributed by atoms with van der Waals surface area (Å²) < 4.78 is 5.54. The second-order valence-electron chi connectivity index (χ2n) is 7.48. The van der Waals surface area contributed by atoms with Crippen LogP contribution in [0.5, 0.6) is 5.75 Å². The van der Waals surface area contributed by atoms with E-state index >= 15 is 0 Å². The zero-order valence-corrected chi connectivity index (χ0v) is 20.0. The minimum absolute atomic E-state index is 0.113. The number of amides is 2. The van der Waals surface area contributed by atoms with E-state index in [1.165, 1.54) is 6.08 Å². The number of rotatable bonds is 7. The lowest BCUT2D eigenvalue weighted by Gasteiger charge is -2.11. The van der Waals surface area contributed by atoms with Gasteiger partial charge in [0.15, 0.2) is 6.61 Å². The normalized spacial score (nSPS) is 10.9. The highest BCUT2D eigenvalue weighted by Gasteiger charge is 2.12. The van der Waals surface area contributed by atoms with Gasteiger partial charge in [0.05, 0.1) is 5.02 Å². The minimum Gasteiger partial charge on any atom is -0.482 e. The van der Waals surface area contributed by atoms with Crippen LogP contribution in [0.3, 0.4) is 0 Å². The van der Waals surface area contributed by atoms with Gasteiger partial charge in [-0.15, -0.1) is 0 Å². The number of halogens is 2. The van der Waals surface area contributed by atoms with Gasteiger partial charge in [-0.05, 0) is 67.4 Å². The Labute approximate surface area is 207 Å². The fourth-order valence-corrected chi connectivity index (χ4v) is 3.52. The molecule has 0 aliphatic rings. The summed E-state index contributed by atoms with van der Waals surface area (Å²) in [6.45, 7) is 3.67. The molecule has 0 radical (unpaired) electrons. The molecule has 3 rings (SSSR count). The summed E-state index contributed by atoms with van der Waals surface area (Å²) in [7, 11) is 0. The summed E-state index contributed by atoms with van der Waals surface area (Å²) in [5, 5.41) is 15.5. The maximum atomic E-state index is 12.4. The van der Waals surface area contributed by atoms with Crippen molar-refractivity contribution < 1.29 is 14.3 Å². The average molecular weight is 494 g/mol. The van der Waals surface area contributed by atoms with Gasteiger partial charge in [-0.1, -0.05) is 53.0 Å². The van der Waals surface area contributed by atoms with Crippen molar-refractivity contribution in [3.8, 4) is 11.8 Å². The molecule has 2 N–H and O–H groups in total.